The van der Waals surface area contributed by atoms with Crippen molar-refractivity contribution in [2.75, 3.05) is 4.90 Å². The van der Waals surface area contributed by atoms with Gasteiger partial charge in [-0.1, -0.05) is 218 Å². The molecule has 0 aromatic heterocycles. The van der Waals surface area contributed by atoms with Crippen LogP contribution in [0.3, 0.4) is 0 Å². The zero-order valence-electron chi connectivity index (χ0n) is 40.0. The Morgan fingerprint density at radius 2 is 0.662 bits per heavy atom. The summed E-state index contributed by atoms with van der Waals surface area (Å²) >= 11 is 0. The monoisotopic (exact) mass is 909 g/mol. The number of fused-ring (bicyclic) bond motifs is 3. The molecule has 71 heavy (non-hydrogen) atoms. The molecule has 4 fully saturated rings. The van der Waals surface area contributed by atoms with Crippen LogP contribution in [0, 0.1) is 23.7 Å². The van der Waals surface area contributed by atoms with Crippen LogP contribution in [0.5, 0.6) is 0 Å². The Morgan fingerprint density at radius 3 is 1.31 bits per heavy atom. The van der Waals surface area contributed by atoms with Crippen LogP contribution in [0.4, 0.5) is 17.1 Å². The maximum Gasteiger partial charge on any atom is 0.0540 e. The number of nitrogens with zero attached hydrogens (tertiary/aromatic N) is 1. The summed E-state index contributed by atoms with van der Waals surface area (Å²) < 4.78 is 0. The molecule has 0 heterocycles. The second-order valence-corrected chi connectivity index (χ2v) is 20.8. The Kier molecular flexibility index (Phi) is 10.1. The molecule has 1 nitrogen and oxygen atoms in total. The molecule has 1 heteroatoms. The third-order valence-electron chi connectivity index (χ3n) is 17.1. The lowest BCUT2D eigenvalue weighted by Gasteiger charge is -2.61. The van der Waals surface area contributed by atoms with E-state index < -0.39 is 0 Å². The fraction of sp³-hybridized carbons (Fsp3) is 0.143. The van der Waals surface area contributed by atoms with Gasteiger partial charge in [0.15, 0.2) is 0 Å². The Balaban J connectivity index is 0.912. The highest BCUT2D eigenvalue weighted by Gasteiger charge is 2.61. The predicted octanol–water partition coefficient (Wildman–Crippen LogP) is 18.9. The first kappa shape index (κ1) is 41.9. The number of hydrogen-bond acceptors (Lipinski definition) is 1. The fourth-order valence-corrected chi connectivity index (χ4v) is 14.4. The lowest BCUT2D eigenvalue weighted by atomic mass is 9.43. The minimum atomic E-state index is 0.136. The van der Waals surface area contributed by atoms with Crippen LogP contribution in [0.25, 0.3) is 77.9 Å². The molecule has 15 rings (SSSR count). The van der Waals surface area contributed by atoms with Gasteiger partial charge < -0.3 is 4.90 Å². The summed E-state index contributed by atoms with van der Waals surface area (Å²) in [6.45, 7) is 0. The highest BCUT2D eigenvalue weighted by atomic mass is 15.1. The topological polar surface area (TPSA) is 3.24 Å². The van der Waals surface area contributed by atoms with E-state index in [4.69, 9.17) is 0 Å². The van der Waals surface area contributed by atoms with E-state index in [1.807, 2.05) is 0 Å². The van der Waals surface area contributed by atoms with E-state index >= 15 is 0 Å². The summed E-state index contributed by atoms with van der Waals surface area (Å²) in [5, 5.41) is 0. The average Bonchev–Trinajstić information content (AvgIpc) is 3.73. The summed E-state index contributed by atoms with van der Waals surface area (Å²) in [5.41, 5.74) is 24.2. The minimum Gasteiger partial charge on any atom is -0.309 e. The molecule has 0 N–H and O–H groups in total. The van der Waals surface area contributed by atoms with Gasteiger partial charge in [-0.15, -0.1) is 0 Å². The second kappa shape index (κ2) is 17.1. The second-order valence-electron chi connectivity index (χ2n) is 20.8. The number of anilines is 3. The first-order valence-corrected chi connectivity index (χ1v) is 25.9. The van der Waals surface area contributed by atoms with Crippen molar-refractivity contribution in [3.05, 3.63) is 260 Å². The number of benzene rings is 10. The van der Waals surface area contributed by atoms with Crippen LogP contribution in [-0.2, 0) is 5.41 Å². The first-order valence-electron chi connectivity index (χ1n) is 25.9. The van der Waals surface area contributed by atoms with Crippen molar-refractivity contribution in [2.24, 2.45) is 23.7 Å². The zero-order valence-corrected chi connectivity index (χ0v) is 40.0. The lowest BCUT2D eigenvalue weighted by Crippen LogP contribution is -2.55. The molecule has 1 spiro atoms. The fourth-order valence-electron chi connectivity index (χ4n) is 14.4. The van der Waals surface area contributed by atoms with Crippen molar-refractivity contribution >= 4 is 17.1 Å². The standard InChI is InChI=1S/C70H55N/c1-3-17-49(18-4-1)50-31-33-53(34-32-50)59-22-12-15-29-68(59)71(69-30-16-13-27-65(69)62-25-10-9-24-61(62)60-23-8-7-21-58(60)52-19-5-2-6-20-52)57-38-35-51(36-39-57)54-37-40-64-63-26-11-14-28-66(63)70(67(64)46-54)55-42-47-41-48(44-55)45-56(70)43-47/h1-40,46-48,55-56H,41-45H2. The van der Waals surface area contributed by atoms with Gasteiger partial charge in [-0.3, -0.25) is 0 Å². The Morgan fingerprint density at radius 1 is 0.268 bits per heavy atom. The van der Waals surface area contributed by atoms with Gasteiger partial charge in [0.2, 0.25) is 0 Å². The maximum atomic E-state index is 2.62. The van der Waals surface area contributed by atoms with E-state index in [0.29, 0.717) is 0 Å². The Labute approximate surface area is 418 Å². The van der Waals surface area contributed by atoms with E-state index in [1.165, 1.54) is 110 Å². The van der Waals surface area contributed by atoms with E-state index in [2.05, 4.69) is 254 Å². The van der Waals surface area contributed by atoms with Crippen molar-refractivity contribution < 1.29 is 0 Å². The molecule has 0 saturated heterocycles. The third-order valence-corrected chi connectivity index (χ3v) is 17.1. The summed E-state index contributed by atoms with van der Waals surface area (Å²) in [4.78, 5) is 2.50. The van der Waals surface area contributed by atoms with E-state index in [0.717, 1.165) is 40.7 Å². The number of rotatable bonds is 9. The SMILES string of the molecule is c1ccc(-c2ccc(-c3ccccc3N(c3ccc(-c4ccc5c(c4)C4(c6ccccc6-5)C5CC6CC(C5)CC4C6)cc3)c3ccccc3-c3ccccc3-c3ccccc3-c3ccccc3)cc2)cc1. The minimum absolute atomic E-state index is 0.136. The molecule has 340 valence electrons. The van der Waals surface area contributed by atoms with Crippen LogP contribution in [0.15, 0.2) is 249 Å². The van der Waals surface area contributed by atoms with Gasteiger partial charge in [0, 0.05) is 22.2 Å². The van der Waals surface area contributed by atoms with E-state index in [1.54, 1.807) is 11.1 Å². The molecule has 10 aromatic rings. The van der Waals surface area contributed by atoms with Crippen LogP contribution in [0.2, 0.25) is 0 Å². The van der Waals surface area contributed by atoms with Gasteiger partial charge >= 0.3 is 0 Å². The van der Waals surface area contributed by atoms with E-state index in [-0.39, 0.29) is 5.41 Å². The van der Waals surface area contributed by atoms with E-state index in [9.17, 15) is 0 Å². The van der Waals surface area contributed by atoms with Crippen molar-refractivity contribution in [3.63, 3.8) is 0 Å². The summed E-state index contributed by atoms with van der Waals surface area (Å²) in [7, 11) is 0. The van der Waals surface area contributed by atoms with Crippen LogP contribution < -0.4 is 4.90 Å². The van der Waals surface area contributed by atoms with Gasteiger partial charge in [0.1, 0.15) is 0 Å². The summed E-state index contributed by atoms with van der Waals surface area (Å²) in [6, 6.07) is 92.7. The van der Waals surface area contributed by atoms with Gasteiger partial charge in [0.25, 0.3) is 0 Å². The highest BCUT2D eigenvalue weighted by molar-refractivity contribution is 5.99. The van der Waals surface area contributed by atoms with Crippen molar-refractivity contribution in [1.82, 2.24) is 0 Å². The quantitative estimate of drug-likeness (QED) is 0.139. The molecule has 0 unspecified atom stereocenters. The largest absolute Gasteiger partial charge is 0.309 e. The number of hydrogen-bond donors (Lipinski definition) is 0. The molecule has 4 bridgehead atoms. The molecule has 5 aliphatic carbocycles. The predicted molar refractivity (Wildman–Crippen MR) is 297 cm³/mol. The van der Waals surface area contributed by atoms with Crippen LogP contribution >= 0.6 is 0 Å². The molecule has 5 aliphatic rings. The van der Waals surface area contributed by atoms with Gasteiger partial charge in [0.05, 0.1) is 11.4 Å². The average molecular weight is 910 g/mol. The first-order chi connectivity index (χ1) is 35.2. The van der Waals surface area contributed by atoms with Crippen LogP contribution in [0.1, 0.15) is 43.2 Å². The van der Waals surface area contributed by atoms with Crippen molar-refractivity contribution in [2.45, 2.75) is 37.5 Å². The molecular weight excluding hydrogens is 855 g/mol. The third kappa shape index (κ3) is 6.89. The van der Waals surface area contributed by atoms with Crippen LogP contribution in [-0.4, -0.2) is 0 Å². The Hall–Kier alpha value is -8.00. The molecule has 10 aromatic carbocycles. The summed E-state index contributed by atoms with van der Waals surface area (Å²) in [5.74, 6) is 3.30. The molecular formula is C70H55N. The molecule has 0 radical (unpaired) electrons. The van der Waals surface area contributed by atoms with Gasteiger partial charge in [-0.05, 0) is 164 Å². The number of para-hydroxylation sites is 2. The van der Waals surface area contributed by atoms with Gasteiger partial charge in [-0.25, -0.2) is 0 Å². The van der Waals surface area contributed by atoms with Gasteiger partial charge in [-0.2, -0.15) is 0 Å². The zero-order chi connectivity index (χ0) is 46.9. The molecule has 0 atom stereocenters. The van der Waals surface area contributed by atoms with Crippen molar-refractivity contribution in [3.8, 4) is 77.9 Å². The summed E-state index contributed by atoms with van der Waals surface area (Å²) in [6.07, 6.45) is 7.02. The normalized spacial score (nSPS) is 20.2. The van der Waals surface area contributed by atoms with Crippen molar-refractivity contribution in [1.29, 1.82) is 0 Å². The Bertz CT molecular complexity index is 3560. The smallest absolute Gasteiger partial charge is 0.0540 e. The molecule has 0 amide bonds. The molecule has 0 aliphatic heterocycles. The lowest BCUT2D eigenvalue weighted by molar-refractivity contribution is -0.0399. The maximum absolute atomic E-state index is 2.62. The highest BCUT2D eigenvalue weighted by Crippen LogP contribution is 2.69. The molecule has 4 saturated carbocycles.